The van der Waals surface area contributed by atoms with E-state index in [9.17, 15) is 8.42 Å². The third-order valence-electron chi connectivity index (χ3n) is 3.42. The maximum atomic E-state index is 12.5. The minimum absolute atomic E-state index is 0.275. The zero-order valence-corrected chi connectivity index (χ0v) is 15.9. The quantitative estimate of drug-likeness (QED) is 0.666. The summed E-state index contributed by atoms with van der Waals surface area (Å²) < 4.78 is 29.2. The fourth-order valence-corrected chi connectivity index (χ4v) is 6.06. The molecule has 0 aliphatic heterocycles. The third kappa shape index (κ3) is 3.26. The molecule has 0 heterocycles. The van der Waals surface area contributed by atoms with Gasteiger partial charge in [0.2, 0.25) is 10.0 Å². The average molecular weight is 476 g/mol. The van der Waals surface area contributed by atoms with Crippen LogP contribution in [0.25, 0.3) is 0 Å². The van der Waals surface area contributed by atoms with E-state index in [4.69, 9.17) is 0 Å². The Bertz CT molecular complexity index is 592. The van der Waals surface area contributed by atoms with Gasteiger partial charge in [0.15, 0.2) is 0 Å². The van der Waals surface area contributed by atoms with Crippen LogP contribution in [0, 0.1) is 6.92 Å². The van der Waals surface area contributed by atoms with Crippen molar-refractivity contribution in [1.82, 2.24) is 4.72 Å². The predicted octanol–water partition coefficient (Wildman–Crippen LogP) is 4.12. The smallest absolute Gasteiger partial charge is 0.207 e. The van der Waals surface area contributed by atoms with E-state index in [1.807, 2.05) is 6.92 Å². The average Bonchev–Trinajstić information content (AvgIpc) is 2.28. The van der Waals surface area contributed by atoms with Gasteiger partial charge in [-0.3, -0.25) is 0 Å². The number of nitrogens with one attached hydrogen (secondary N) is 1. The highest BCUT2D eigenvalue weighted by Crippen LogP contribution is 2.36. The molecule has 1 N–H and O–H groups in total. The maximum Gasteiger partial charge on any atom is 0.242 e. The van der Waals surface area contributed by atoms with Gasteiger partial charge in [0.25, 0.3) is 0 Å². The van der Waals surface area contributed by atoms with Gasteiger partial charge in [-0.05, 0) is 59.8 Å². The Kier molecular flexibility index (Phi) is 4.83. The summed E-state index contributed by atoms with van der Waals surface area (Å²) in [5.41, 5.74) is 0.667. The number of benzene rings is 1. The van der Waals surface area contributed by atoms with E-state index in [1.165, 1.54) is 0 Å². The van der Waals surface area contributed by atoms with E-state index in [2.05, 4.69) is 52.5 Å². The van der Waals surface area contributed by atoms with E-state index < -0.39 is 10.0 Å². The number of hydrogen-bond acceptors (Lipinski definition) is 2. The molecule has 1 aliphatic carbocycles. The molecule has 0 amide bonds. The fraction of sp³-hybridized carbons (Fsp3) is 0.500. The number of aryl methyl sites for hydroxylation is 1. The summed E-state index contributed by atoms with van der Waals surface area (Å²) in [6.45, 7) is 1.92. The molecule has 0 aromatic heterocycles. The molecular weight excluding hydrogens is 462 g/mol. The monoisotopic (exact) mass is 473 g/mol. The number of rotatable bonds is 4. The minimum atomic E-state index is -3.52. The van der Waals surface area contributed by atoms with E-state index in [-0.39, 0.29) is 10.4 Å². The topological polar surface area (TPSA) is 46.2 Å². The van der Waals surface area contributed by atoms with Crippen molar-refractivity contribution in [2.75, 3.05) is 5.33 Å². The standard InChI is InChI=1S/C12H14Br3NO2S/c1-8-5-10(15)11(6-9(8)14)19(17,18)16-12(7-13)3-2-4-12/h5-6,16H,2-4,7H2,1H3. The zero-order valence-electron chi connectivity index (χ0n) is 10.3. The van der Waals surface area contributed by atoms with Gasteiger partial charge in [-0.1, -0.05) is 31.9 Å². The van der Waals surface area contributed by atoms with Crippen molar-refractivity contribution in [2.24, 2.45) is 0 Å². The van der Waals surface area contributed by atoms with Gasteiger partial charge >= 0.3 is 0 Å². The Morgan fingerprint density at radius 2 is 1.89 bits per heavy atom. The molecule has 1 aromatic rings. The first-order chi connectivity index (χ1) is 8.80. The fourth-order valence-electron chi connectivity index (χ4n) is 2.04. The molecule has 0 unspecified atom stereocenters. The molecule has 0 atom stereocenters. The molecule has 0 bridgehead atoms. The molecule has 106 valence electrons. The zero-order chi connectivity index (χ0) is 14.3. The SMILES string of the molecule is Cc1cc(Br)c(S(=O)(=O)NC2(CBr)CCC2)cc1Br. The van der Waals surface area contributed by atoms with Crippen LogP contribution in [0.15, 0.2) is 26.0 Å². The Morgan fingerprint density at radius 1 is 1.26 bits per heavy atom. The third-order valence-corrected chi connectivity index (χ3v) is 7.88. The molecule has 1 aliphatic rings. The summed E-state index contributed by atoms with van der Waals surface area (Å²) in [7, 11) is -3.52. The van der Waals surface area contributed by atoms with Crippen molar-refractivity contribution < 1.29 is 8.42 Å². The lowest BCUT2D eigenvalue weighted by molar-refractivity contribution is 0.256. The van der Waals surface area contributed by atoms with Crippen LogP contribution in [0.5, 0.6) is 0 Å². The molecule has 1 saturated carbocycles. The number of halogens is 3. The van der Waals surface area contributed by atoms with E-state index >= 15 is 0 Å². The predicted molar refractivity (Wildman–Crippen MR) is 87.3 cm³/mol. The lowest BCUT2D eigenvalue weighted by Gasteiger charge is -2.40. The van der Waals surface area contributed by atoms with E-state index in [0.717, 1.165) is 29.3 Å². The summed E-state index contributed by atoms with van der Waals surface area (Å²) >= 11 is 10.1. The molecule has 1 aromatic carbocycles. The second-order valence-electron chi connectivity index (χ2n) is 4.90. The number of sulfonamides is 1. The van der Waals surface area contributed by atoms with E-state index in [1.54, 1.807) is 12.1 Å². The van der Waals surface area contributed by atoms with Gasteiger partial charge in [-0.25, -0.2) is 13.1 Å². The van der Waals surface area contributed by atoms with Crippen molar-refractivity contribution >= 4 is 57.8 Å². The second-order valence-corrected chi connectivity index (χ2v) is 8.83. The summed E-state index contributed by atoms with van der Waals surface area (Å²) in [5.74, 6) is 0. The molecule has 7 heteroatoms. The lowest BCUT2D eigenvalue weighted by Crippen LogP contribution is -2.54. The molecule has 19 heavy (non-hydrogen) atoms. The van der Waals surface area contributed by atoms with Crippen molar-refractivity contribution in [1.29, 1.82) is 0 Å². The molecule has 0 radical (unpaired) electrons. The van der Waals surface area contributed by atoms with Crippen LogP contribution in [-0.4, -0.2) is 19.3 Å². The second kappa shape index (κ2) is 5.75. The minimum Gasteiger partial charge on any atom is -0.207 e. The Labute approximate surface area is 139 Å². The maximum absolute atomic E-state index is 12.5. The molecule has 0 saturated heterocycles. The molecule has 0 spiro atoms. The van der Waals surface area contributed by atoms with Crippen LogP contribution in [-0.2, 0) is 10.0 Å². The summed E-state index contributed by atoms with van der Waals surface area (Å²) in [4.78, 5) is 0.275. The highest BCUT2D eigenvalue weighted by molar-refractivity contribution is 9.11. The number of hydrogen-bond donors (Lipinski definition) is 1. The Hall–Kier alpha value is 0.570. The molecular formula is C12H14Br3NO2S. The molecule has 3 nitrogen and oxygen atoms in total. The van der Waals surface area contributed by atoms with Crippen molar-refractivity contribution in [2.45, 2.75) is 36.6 Å². The first-order valence-electron chi connectivity index (χ1n) is 5.85. The van der Waals surface area contributed by atoms with E-state index in [0.29, 0.717) is 9.80 Å². The first-order valence-corrected chi connectivity index (χ1v) is 10.0. The Morgan fingerprint density at radius 3 is 2.37 bits per heavy atom. The van der Waals surface area contributed by atoms with Crippen LogP contribution in [0.3, 0.4) is 0 Å². The normalized spacial score (nSPS) is 18.1. The number of alkyl halides is 1. The molecule has 1 fully saturated rings. The van der Waals surface area contributed by atoms with Crippen molar-refractivity contribution in [3.63, 3.8) is 0 Å². The van der Waals surface area contributed by atoms with Crippen LogP contribution in [0.2, 0.25) is 0 Å². The Balaban J connectivity index is 2.37. The van der Waals surface area contributed by atoms with Crippen LogP contribution < -0.4 is 4.72 Å². The highest BCUT2D eigenvalue weighted by Gasteiger charge is 2.40. The van der Waals surface area contributed by atoms with Gasteiger partial charge < -0.3 is 0 Å². The first kappa shape index (κ1) is 15.9. The van der Waals surface area contributed by atoms with Crippen LogP contribution >= 0.6 is 47.8 Å². The van der Waals surface area contributed by atoms with Crippen LogP contribution in [0.1, 0.15) is 24.8 Å². The van der Waals surface area contributed by atoms with Gasteiger partial charge in [-0.2, -0.15) is 0 Å². The van der Waals surface area contributed by atoms with Gasteiger partial charge in [0.05, 0.1) is 4.90 Å². The van der Waals surface area contributed by atoms with Crippen LogP contribution in [0.4, 0.5) is 0 Å². The summed E-state index contributed by atoms with van der Waals surface area (Å²) in [6, 6.07) is 3.45. The molecule has 2 rings (SSSR count). The summed E-state index contributed by atoms with van der Waals surface area (Å²) in [6.07, 6.45) is 2.82. The largest absolute Gasteiger partial charge is 0.242 e. The van der Waals surface area contributed by atoms with Gasteiger partial charge in [0, 0.05) is 19.8 Å². The summed E-state index contributed by atoms with van der Waals surface area (Å²) in [5, 5.41) is 0.643. The van der Waals surface area contributed by atoms with Gasteiger partial charge in [-0.15, -0.1) is 0 Å². The van der Waals surface area contributed by atoms with Crippen molar-refractivity contribution in [3.8, 4) is 0 Å². The van der Waals surface area contributed by atoms with Gasteiger partial charge in [0.1, 0.15) is 0 Å². The highest BCUT2D eigenvalue weighted by atomic mass is 79.9. The van der Waals surface area contributed by atoms with Crippen molar-refractivity contribution in [3.05, 3.63) is 26.6 Å². The lowest BCUT2D eigenvalue weighted by atomic mass is 9.80.